The van der Waals surface area contributed by atoms with Gasteiger partial charge in [-0.25, -0.2) is 0 Å². The normalized spacial score (nSPS) is 11.5. The molecule has 0 saturated carbocycles. The second kappa shape index (κ2) is 6.70. The van der Waals surface area contributed by atoms with Crippen LogP contribution in [-0.2, 0) is 0 Å². The van der Waals surface area contributed by atoms with Crippen LogP contribution in [0, 0.1) is 6.92 Å². The zero-order valence-electron chi connectivity index (χ0n) is 14.2. The van der Waals surface area contributed by atoms with Crippen LogP contribution in [0.5, 0.6) is 0 Å². The average molecular weight is 428 g/mol. The molecule has 0 spiro atoms. The second-order valence-electron chi connectivity index (χ2n) is 6.90. The number of rotatable bonds is 4. The summed E-state index contributed by atoms with van der Waals surface area (Å²) < 4.78 is 1.61. The van der Waals surface area contributed by atoms with Crippen LogP contribution in [0.1, 0.15) is 5.56 Å². The molecule has 0 saturated heterocycles. The maximum absolute atomic E-state index is 2.48. The molecule has 0 radical (unpaired) electrons. The van der Waals surface area contributed by atoms with E-state index in [2.05, 4.69) is 93.4 Å². The van der Waals surface area contributed by atoms with Crippen molar-refractivity contribution in [2.75, 3.05) is 4.90 Å². The molecule has 1 heterocycles. The standard InChI is InChI=1S/C17H14NS.3CH3.Sn/c1-14-7-5-10-16(13-14)18(17-11-6-12-19-17)15-8-3-2-4-9-15;;;;/h2-11,13H,1H3;3*1H3;. The van der Waals surface area contributed by atoms with Gasteiger partial charge in [0, 0.05) is 0 Å². The van der Waals surface area contributed by atoms with E-state index in [1.54, 1.807) is 2.89 Å². The van der Waals surface area contributed by atoms with E-state index in [9.17, 15) is 0 Å². The van der Waals surface area contributed by atoms with Crippen LogP contribution in [0.25, 0.3) is 0 Å². The van der Waals surface area contributed by atoms with Crippen LogP contribution >= 0.6 is 11.3 Å². The number of benzene rings is 2. The molecule has 2 aromatic carbocycles. The fraction of sp³-hybridized carbons (Fsp3) is 0.200. The van der Waals surface area contributed by atoms with Gasteiger partial charge in [0.25, 0.3) is 0 Å². The molecule has 23 heavy (non-hydrogen) atoms. The van der Waals surface area contributed by atoms with E-state index in [-0.39, 0.29) is 0 Å². The molecule has 118 valence electrons. The van der Waals surface area contributed by atoms with Crippen LogP contribution in [-0.4, -0.2) is 18.4 Å². The molecule has 3 aromatic rings. The van der Waals surface area contributed by atoms with Crippen molar-refractivity contribution in [2.45, 2.75) is 21.7 Å². The third-order valence-electron chi connectivity index (χ3n) is 3.83. The molecule has 0 aliphatic rings. The van der Waals surface area contributed by atoms with Crippen molar-refractivity contribution in [1.82, 2.24) is 0 Å². The first-order valence-electron chi connectivity index (χ1n) is 7.97. The van der Waals surface area contributed by atoms with Crippen LogP contribution < -0.4 is 7.79 Å². The molecule has 3 heteroatoms. The molecular weight excluding hydrogens is 405 g/mol. The number of para-hydroxylation sites is 1. The number of thiophene rings is 1. The molecule has 0 fully saturated rings. The maximum atomic E-state index is 2.48. The molecule has 0 atom stereocenters. The van der Waals surface area contributed by atoms with Crippen molar-refractivity contribution in [3.05, 3.63) is 72.3 Å². The summed E-state index contributed by atoms with van der Waals surface area (Å²) >= 11 is -0.0630. The van der Waals surface area contributed by atoms with Crippen molar-refractivity contribution < 1.29 is 0 Å². The first-order valence-corrected chi connectivity index (χ1v) is 18.8. The molecule has 0 aliphatic carbocycles. The van der Waals surface area contributed by atoms with Gasteiger partial charge in [0.1, 0.15) is 0 Å². The molecule has 1 aromatic heterocycles. The number of anilines is 3. The molecule has 0 bridgehead atoms. The van der Waals surface area contributed by atoms with Gasteiger partial charge in [-0.3, -0.25) is 0 Å². The molecular formula is C20H23NSSn. The zero-order valence-corrected chi connectivity index (χ0v) is 17.9. The van der Waals surface area contributed by atoms with E-state index < -0.39 is 18.4 Å². The summed E-state index contributed by atoms with van der Waals surface area (Å²) in [4.78, 5) is 9.80. The predicted molar refractivity (Wildman–Crippen MR) is 107 cm³/mol. The van der Waals surface area contributed by atoms with Gasteiger partial charge in [-0.2, -0.15) is 0 Å². The van der Waals surface area contributed by atoms with Gasteiger partial charge in [-0.05, 0) is 0 Å². The Hall–Kier alpha value is -1.26. The summed E-state index contributed by atoms with van der Waals surface area (Å²) in [6.07, 6.45) is 0. The third kappa shape index (κ3) is 3.81. The van der Waals surface area contributed by atoms with Crippen molar-refractivity contribution >= 4 is 49.0 Å². The molecule has 0 unspecified atom stereocenters. The van der Waals surface area contributed by atoms with Gasteiger partial charge in [-0.1, -0.05) is 0 Å². The van der Waals surface area contributed by atoms with E-state index in [4.69, 9.17) is 0 Å². The van der Waals surface area contributed by atoms with Gasteiger partial charge in [0.05, 0.1) is 0 Å². The molecule has 3 rings (SSSR count). The van der Waals surface area contributed by atoms with E-state index in [1.807, 2.05) is 11.3 Å². The van der Waals surface area contributed by atoms with E-state index in [1.165, 1.54) is 21.9 Å². The Bertz CT molecular complexity index is 787. The summed E-state index contributed by atoms with van der Waals surface area (Å²) in [6, 6.07) is 24.0. The van der Waals surface area contributed by atoms with Gasteiger partial charge in [0.2, 0.25) is 0 Å². The molecule has 1 nitrogen and oxygen atoms in total. The number of nitrogens with zero attached hydrogens (tertiary/aromatic N) is 1. The number of hydrogen-bond acceptors (Lipinski definition) is 2. The molecule has 0 N–H and O–H groups in total. The van der Waals surface area contributed by atoms with Gasteiger partial charge in [0.15, 0.2) is 0 Å². The predicted octanol–water partition coefficient (Wildman–Crippen LogP) is 6.07. The topological polar surface area (TPSA) is 3.24 Å². The van der Waals surface area contributed by atoms with Gasteiger partial charge >= 0.3 is 148 Å². The Morgan fingerprint density at radius 3 is 2.09 bits per heavy atom. The monoisotopic (exact) mass is 429 g/mol. The number of aryl methyl sites for hydroxylation is 1. The van der Waals surface area contributed by atoms with Gasteiger partial charge in [-0.15, -0.1) is 0 Å². The van der Waals surface area contributed by atoms with Crippen LogP contribution in [0.2, 0.25) is 14.8 Å². The quantitative estimate of drug-likeness (QED) is 0.456. The van der Waals surface area contributed by atoms with E-state index in [0.29, 0.717) is 0 Å². The van der Waals surface area contributed by atoms with Crippen molar-refractivity contribution in [2.24, 2.45) is 0 Å². The van der Waals surface area contributed by atoms with E-state index in [0.717, 1.165) is 0 Å². The summed E-state index contributed by atoms with van der Waals surface area (Å²) in [5.74, 6) is 0. The second-order valence-corrected chi connectivity index (χ2v) is 23.4. The number of hydrogen-bond donors (Lipinski definition) is 0. The van der Waals surface area contributed by atoms with Crippen molar-refractivity contribution in [3.63, 3.8) is 0 Å². The third-order valence-corrected chi connectivity index (χ3v) is 14.4. The fourth-order valence-electron chi connectivity index (χ4n) is 2.60. The molecule has 0 amide bonds. The van der Waals surface area contributed by atoms with Crippen LogP contribution in [0.15, 0.2) is 66.7 Å². The van der Waals surface area contributed by atoms with Crippen molar-refractivity contribution in [1.29, 1.82) is 0 Å². The Kier molecular flexibility index (Phi) is 4.83. The minimum atomic E-state index is -2.03. The first-order chi connectivity index (χ1) is 10.9. The zero-order chi connectivity index (χ0) is 16.4. The Morgan fingerprint density at radius 1 is 0.783 bits per heavy atom. The minimum absolute atomic E-state index is 1.22. The first kappa shape index (κ1) is 16.6. The Morgan fingerprint density at radius 2 is 1.48 bits per heavy atom. The average Bonchev–Trinajstić information content (AvgIpc) is 2.98. The Labute approximate surface area is 147 Å². The SMILES string of the molecule is Cc1cccc(N(c2ccccc2)c2cc[c]([Sn]([CH3])([CH3])[CH3])s2)c1. The van der Waals surface area contributed by atoms with Crippen LogP contribution in [0.4, 0.5) is 16.4 Å². The Balaban J connectivity index is 2.11. The fourth-order valence-corrected chi connectivity index (χ4v) is 8.89. The summed E-state index contributed by atoms with van der Waals surface area (Å²) in [7, 11) is 0. The molecule has 0 aliphatic heterocycles. The van der Waals surface area contributed by atoms with E-state index >= 15 is 0 Å². The summed E-state index contributed by atoms with van der Waals surface area (Å²) in [5, 5.41) is 1.31. The van der Waals surface area contributed by atoms with Crippen molar-refractivity contribution in [3.8, 4) is 0 Å². The summed E-state index contributed by atoms with van der Waals surface area (Å²) in [5.41, 5.74) is 3.74. The van der Waals surface area contributed by atoms with Crippen LogP contribution in [0.3, 0.4) is 0 Å². The van der Waals surface area contributed by atoms with Gasteiger partial charge < -0.3 is 0 Å². The summed E-state index contributed by atoms with van der Waals surface area (Å²) in [6.45, 7) is 2.15.